The number of fused-ring (bicyclic) bond motifs is 1. The Morgan fingerprint density at radius 1 is 0.964 bits per heavy atom. The molecule has 2 aromatic carbocycles. The number of esters is 1. The average molecular weight is 373 g/mol. The fraction of sp³-hybridized carbons (Fsp3) is 0.136. The number of hydrogen-bond acceptors (Lipinski definition) is 4. The Labute approximate surface area is 162 Å². The monoisotopic (exact) mass is 373 g/mol. The number of carbonyl (C=O) groups excluding carboxylic acids is 1. The Morgan fingerprint density at radius 3 is 2.29 bits per heavy atom. The van der Waals surface area contributed by atoms with Crippen molar-refractivity contribution in [1.82, 2.24) is 14.3 Å². The molecule has 4 rings (SSSR count). The molecule has 0 bridgehead atoms. The highest BCUT2D eigenvalue weighted by molar-refractivity contribution is 5.96. The van der Waals surface area contributed by atoms with E-state index in [1.165, 1.54) is 11.8 Å². The van der Waals surface area contributed by atoms with E-state index in [9.17, 15) is 9.59 Å². The third kappa shape index (κ3) is 2.99. The van der Waals surface area contributed by atoms with E-state index in [2.05, 4.69) is 11.2 Å². The van der Waals surface area contributed by atoms with Crippen molar-refractivity contribution < 1.29 is 9.53 Å². The van der Waals surface area contributed by atoms with Crippen LogP contribution in [0.2, 0.25) is 0 Å². The minimum atomic E-state index is -0.540. The van der Waals surface area contributed by atoms with Gasteiger partial charge in [-0.05, 0) is 49.2 Å². The zero-order chi connectivity index (χ0) is 19.8. The summed E-state index contributed by atoms with van der Waals surface area (Å²) in [6.45, 7) is 4.01. The summed E-state index contributed by atoms with van der Waals surface area (Å²) < 4.78 is 8.01. The predicted octanol–water partition coefficient (Wildman–Crippen LogP) is 3.53. The van der Waals surface area contributed by atoms with Crippen molar-refractivity contribution in [3.8, 4) is 22.6 Å². The molecule has 0 atom stereocenters. The quantitative estimate of drug-likeness (QED) is 0.515. The largest absolute Gasteiger partial charge is 0.465 e. The van der Waals surface area contributed by atoms with Crippen molar-refractivity contribution in [2.24, 2.45) is 0 Å². The lowest BCUT2D eigenvalue weighted by molar-refractivity contribution is 0.0600. The molecule has 6 nitrogen and oxygen atoms in total. The first-order chi connectivity index (χ1) is 13.5. The van der Waals surface area contributed by atoms with Gasteiger partial charge in [0.1, 0.15) is 11.3 Å². The van der Waals surface area contributed by atoms with Crippen molar-refractivity contribution in [2.75, 3.05) is 7.11 Å². The Bertz CT molecular complexity index is 1190. The summed E-state index contributed by atoms with van der Waals surface area (Å²) in [4.78, 5) is 25.5. The van der Waals surface area contributed by atoms with Gasteiger partial charge >= 0.3 is 5.97 Å². The number of para-hydroxylation sites is 1. The molecule has 2 aliphatic rings. The van der Waals surface area contributed by atoms with Gasteiger partial charge in [-0.25, -0.2) is 4.79 Å². The second kappa shape index (κ2) is 6.81. The van der Waals surface area contributed by atoms with E-state index in [0.717, 1.165) is 16.8 Å². The van der Waals surface area contributed by atoms with Crippen molar-refractivity contribution in [1.29, 1.82) is 0 Å². The van der Waals surface area contributed by atoms with Crippen LogP contribution in [0.15, 0.2) is 65.7 Å². The number of hydrogen-bond donors (Lipinski definition) is 0. The Morgan fingerprint density at radius 2 is 1.64 bits per heavy atom. The fourth-order valence-corrected chi connectivity index (χ4v) is 3.36. The summed E-state index contributed by atoms with van der Waals surface area (Å²) >= 11 is 0. The molecule has 2 aliphatic heterocycles. The van der Waals surface area contributed by atoms with E-state index in [1.807, 2.05) is 44.2 Å². The maximum absolute atomic E-state index is 13.0. The first kappa shape index (κ1) is 17.7. The normalized spacial score (nSPS) is 11.0. The van der Waals surface area contributed by atoms with E-state index >= 15 is 0 Å². The van der Waals surface area contributed by atoms with Crippen LogP contribution in [-0.2, 0) is 4.74 Å². The number of carbonyl (C=O) groups is 1. The number of rotatable bonds is 3. The number of methoxy groups -OCH3 is 1. The highest BCUT2D eigenvalue weighted by Gasteiger charge is 2.25. The van der Waals surface area contributed by atoms with Crippen molar-refractivity contribution in [3.63, 3.8) is 0 Å². The Hall–Kier alpha value is -3.67. The summed E-state index contributed by atoms with van der Waals surface area (Å²) in [5.74, 6) is -0.540. The van der Waals surface area contributed by atoms with Crippen LogP contribution < -0.4 is 5.56 Å². The lowest BCUT2D eigenvalue weighted by Gasteiger charge is -2.13. The first-order valence-electron chi connectivity index (χ1n) is 8.85. The van der Waals surface area contributed by atoms with Crippen molar-refractivity contribution in [3.05, 3.63) is 88.0 Å². The Kier molecular flexibility index (Phi) is 4.31. The molecule has 0 saturated carbocycles. The summed E-state index contributed by atoms with van der Waals surface area (Å²) in [5, 5.41) is 4.41. The maximum Gasteiger partial charge on any atom is 0.341 e. The van der Waals surface area contributed by atoms with Gasteiger partial charge in [0.05, 0.1) is 18.4 Å². The molecular weight excluding hydrogens is 354 g/mol. The molecule has 28 heavy (non-hydrogen) atoms. The molecule has 0 radical (unpaired) electrons. The van der Waals surface area contributed by atoms with E-state index in [0.29, 0.717) is 16.9 Å². The minimum absolute atomic E-state index is 0.242. The molecule has 0 saturated heterocycles. The van der Waals surface area contributed by atoms with Crippen LogP contribution in [0.5, 0.6) is 0 Å². The van der Waals surface area contributed by atoms with Gasteiger partial charge in [0, 0.05) is 18.1 Å². The number of pyridine rings is 1. The number of ether oxygens (including phenoxy) is 1. The fourth-order valence-electron chi connectivity index (χ4n) is 3.36. The van der Waals surface area contributed by atoms with E-state index in [-0.39, 0.29) is 11.1 Å². The van der Waals surface area contributed by atoms with Gasteiger partial charge in [0.15, 0.2) is 0 Å². The van der Waals surface area contributed by atoms with Crippen LogP contribution in [0.1, 0.15) is 21.5 Å². The molecule has 0 amide bonds. The number of benzene rings is 2. The lowest BCUT2D eigenvalue weighted by atomic mass is 10.1. The van der Waals surface area contributed by atoms with Crippen molar-refractivity contribution >= 4 is 5.97 Å². The van der Waals surface area contributed by atoms with Crippen molar-refractivity contribution in [2.45, 2.75) is 13.8 Å². The second-order valence-electron chi connectivity index (χ2n) is 6.73. The zero-order valence-electron chi connectivity index (χ0n) is 15.8. The molecule has 0 aliphatic carbocycles. The van der Waals surface area contributed by atoms with Gasteiger partial charge in [-0.15, -0.1) is 0 Å². The highest BCUT2D eigenvalue weighted by atomic mass is 16.5. The van der Waals surface area contributed by atoms with Crippen LogP contribution >= 0.6 is 0 Å². The first-order valence-corrected chi connectivity index (χ1v) is 8.85. The molecule has 140 valence electrons. The molecular formula is C22H19N3O3. The highest BCUT2D eigenvalue weighted by Crippen LogP contribution is 2.25. The average Bonchev–Trinajstić information content (AvgIpc) is 3.03. The SMILES string of the molecule is COC(=O)c1cn(-c2cc(C)cc(C)c2)cc2c(=O)n(-c3ccccc3)nc1-2. The maximum atomic E-state index is 13.0. The van der Waals surface area contributed by atoms with E-state index in [4.69, 9.17) is 4.74 Å². The summed E-state index contributed by atoms with van der Waals surface area (Å²) in [6.07, 6.45) is 3.37. The van der Waals surface area contributed by atoms with Gasteiger partial charge in [0.2, 0.25) is 0 Å². The van der Waals surface area contributed by atoms with Gasteiger partial charge < -0.3 is 9.30 Å². The third-order valence-electron chi connectivity index (χ3n) is 4.58. The molecule has 0 aromatic heterocycles. The molecule has 0 unspecified atom stereocenters. The summed E-state index contributed by atoms with van der Waals surface area (Å²) in [5.41, 5.74) is 4.30. The van der Waals surface area contributed by atoms with Gasteiger partial charge in [0.25, 0.3) is 5.56 Å². The topological polar surface area (TPSA) is 66.1 Å². The van der Waals surface area contributed by atoms with Crippen LogP contribution in [-0.4, -0.2) is 27.4 Å². The zero-order valence-corrected chi connectivity index (χ0v) is 15.8. The van der Waals surface area contributed by atoms with Gasteiger partial charge in [-0.2, -0.15) is 9.78 Å². The van der Waals surface area contributed by atoms with E-state index < -0.39 is 5.97 Å². The van der Waals surface area contributed by atoms with Gasteiger partial charge in [-0.1, -0.05) is 24.3 Å². The van der Waals surface area contributed by atoms with Crippen LogP contribution in [0.4, 0.5) is 0 Å². The third-order valence-corrected chi connectivity index (χ3v) is 4.58. The number of nitrogens with zero attached hydrogens (tertiary/aromatic N) is 3. The second-order valence-corrected chi connectivity index (χ2v) is 6.73. The molecule has 0 fully saturated rings. The minimum Gasteiger partial charge on any atom is -0.465 e. The van der Waals surface area contributed by atoms with Crippen LogP contribution in [0.25, 0.3) is 22.6 Å². The van der Waals surface area contributed by atoms with Crippen LogP contribution in [0.3, 0.4) is 0 Å². The predicted molar refractivity (Wildman–Crippen MR) is 107 cm³/mol. The number of aromatic nitrogens is 3. The van der Waals surface area contributed by atoms with Crippen LogP contribution in [0, 0.1) is 13.8 Å². The molecule has 2 heterocycles. The molecule has 2 aromatic rings. The lowest BCUT2D eigenvalue weighted by Crippen LogP contribution is -2.15. The Balaban J connectivity index is 2.02. The van der Waals surface area contributed by atoms with E-state index in [1.54, 1.807) is 29.1 Å². The molecule has 6 heteroatoms. The molecule has 0 spiro atoms. The smallest absolute Gasteiger partial charge is 0.341 e. The number of aryl methyl sites for hydroxylation is 2. The molecule has 0 N–H and O–H groups in total. The summed E-state index contributed by atoms with van der Waals surface area (Å²) in [7, 11) is 1.31. The summed E-state index contributed by atoms with van der Waals surface area (Å²) in [6, 6.07) is 15.2. The standard InChI is InChI=1S/C22H19N3O3/c1-14-9-15(2)11-17(10-14)24-12-18-20(19(13-24)22(27)28-3)23-25(21(18)26)16-7-5-4-6-8-16/h4-13H,1-3H3. The van der Waals surface area contributed by atoms with Gasteiger partial charge in [-0.3, -0.25) is 4.79 Å².